The summed E-state index contributed by atoms with van der Waals surface area (Å²) < 4.78 is 29.6. The number of esters is 1. The van der Waals surface area contributed by atoms with Crippen LogP contribution >= 0.6 is 0 Å². The highest BCUT2D eigenvalue weighted by Gasteiger charge is 2.31. The van der Waals surface area contributed by atoms with Gasteiger partial charge >= 0.3 is 5.97 Å². The predicted octanol–water partition coefficient (Wildman–Crippen LogP) is 0.995. The quantitative estimate of drug-likeness (QED) is 0.837. The fourth-order valence-electron chi connectivity index (χ4n) is 2.16. The molecule has 1 fully saturated rings. The Morgan fingerprint density at radius 1 is 1.53 bits per heavy atom. The summed E-state index contributed by atoms with van der Waals surface area (Å²) in [5.74, 6) is -0.526. The molecule has 0 aliphatic carbocycles. The lowest BCUT2D eigenvalue weighted by Crippen LogP contribution is -2.21. The summed E-state index contributed by atoms with van der Waals surface area (Å²) in [5, 5.41) is 0. The molecule has 1 saturated heterocycles. The maximum Gasteiger partial charge on any atom is 0.355 e. The van der Waals surface area contributed by atoms with E-state index in [4.69, 9.17) is 10.5 Å². The third-order valence-electron chi connectivity index (χ3n) is 3.10. The molecule has 0 spiro atoms. The molecule has 1 atom stereocenters. The topological polar surface area (TPSA) is 91.4 Å². The molecule has 2 rings (SSSR count). The minimum atomic E-state index is -3.05. The Kier molecular flexibility index (Phi) is 3.58. The number of carbonyl (C=O) groups excluding carboxylic acids is 1. The summed E-state index contributed by atoms with van der Waals surface area (Å²) in [7, 11) is -3.05. The molecule has 0 aromatic carbocycles. The van der Waals surface area contributed by atoms with Crippen molar-refractivity contribution in [3.8, 4) is 0 Å². The molecule has 1 aliphatic rings. The fourth-order valence-corrected chi connectivity index (χ4v) is 3.75. The lowest BCUT2D eigenvalue weighted by Gasteiger charge is -2.14. The molecule has 1 aromatic heterocycles. The maximum absolute atomic E-state index is 12.1. The van der Waals surface area contributed by atoms with Crippen LogP contribution in [-0.4, -0.2) is 36.6 Å². The highest BCUT2D eigenvalue weighted by atomic mass is 32.2. The zero-order valence-electron chi connectivity index (χ0n) is 11.0. The van der Waals surface area contributed by atoms with E-state index in [0.29, 0.717) is 17.8 Å². The summed E-state index contributed by atoms with van der Waals surface area (Å²) in [6.45, 7) is 3.85. The average Bonchev–Trinajstić information content (AvgIpc) is 2.82. The van der Waals surface area contributed by atoms with Crippen LogP contribution in [0.4, 0.5) is 5.69 Å². The Morgan fingerprint density at radius 2 is 2.21 bits per heavy atom. The summed E-state index contributed by atoms with van der Waals surface area (Å²) in [5.41, 5.74) is 6.53. The van der Waals surface area contributed by atoms with Crippen molar-refractivity contribution in [3.63, 3.8) is 0 Å². The van der Waals surface area contributed by atoms with Gasteiger partial charge in [0.15, 0.2) is 9.84 Å². The van der Waals surface area contributed by atoms with Gasteiger partial charge in [-0.15, -0.1) is 0 Å². The monoisotopic (exact) mass is 286 g/mol. The van der Waals surface area contributed by atoms with Gasteiger partial charge in [-0.05, 0) is 26.3 Å². The molecule has 1 aromatic rings. The first-order valence-electron chi connectivity index (χ1n) is 6.17. The van der Waals surface area contributed by atoms with E-state index in [1.54, 1.807) is 16.8 Å². The van der Waals surface area contributed by atoms with Crippen molar-refractivity contribution < 1.29 is 17.9 Å². The first-order chi connectivity index (χ1) is 8.78. The molecule has 1 aliphatic heterocycles. The number of sulfone groups is 1. The van der Waals surface area contributed by atoms with Crippen molar-refractivity contribution in [3.05, 3.63) is 18.0 Å². The lowest BCUT2D eigenvalue weighted by molar-refractivity contribution is 0.0342. The Balaban J connectivity index is 2.13. The Bertz CT molecular complexity index is 589. The second-order valence-electron chi connectivity index (χ2n) is 5.09. The summed E-state index contributed by atoms with van der Waals surface area (Å²) >= 11 is 0. The number of rotatable bonds is 3. The number of aromatic nitrogens is 1. The Labute approximate surface area is 112 Å². The van der Waals surface area contributed by atoms with Crippen molar-refractivity contribution >= 4 is 21.5 Å². The first-order valence-corrected chi connectivity index (χ1v) is 7.99. The van der Waals surface area contributed by atoms with E-state index < -0.39 is 21.9 Å². The van der Waals surface area contributed by atoms with Crippen LogP contribution in [-0.2, 0) is 14.6 Å². The number of hydrogen-bond donors (Lipinski definition) is 1. The van der Waals surface area contributed by atoms with Crippen LogP contribution in [0.2, 0.25) is 0 Å². The Morgan fingerprint density at radius 3 is 2.74 bits per heavy atom. The first kappa shape index (κ1) is 13.9. The van der Waals surface area contributed by atoms with Gasteiger partial charge in [0.05, 0.1) is 17.2 Å². The molecule has 19 heavy (non-hydrogen) atoms. The number of nitrogens with zero attached hydrogens (tertiary/aromatic N) is 1. The van der Waals surface area contributed by atoms with E-state index in [1.165, 1.54) is 0 Å². The molecule has 0 amide bonds. The average molecular weight is 286 g/mol. The highest BCUT2D eigenvalue weighted by Crippen LogP contribution is 2.20. The van der Waals surface area contributed by atoms with Gasteiger partial charge in [0, 0.05) is 12.2 Å². The Hall–Kier alpha value is -1.50. The van der Waals surface area contributed by atoms with Gasteiger partial charge in [-0.25, -0.2) is 13.2 Å². The maximum atomic E-state index is 12.1. The fraction of sp³-hybridized carbons (Fsp3) is 0.583. The molecule has 0 bridgehead atoms. The van der Waals surface area contributed by atoms with Crippen molar-refractivity contribution in [1.29, 1.82) is 0 Å². The van der Waals surface area contributed by atoms with Crippen LogP contribution in [0.25, 0.3) is 0 Å². The SMILES string of the molecule is CC(C)n1cc(N)cc1C(=O)OC1CCS(=O)(=O)C1. The van der Waals surface area contributed by atoms with Crippen LogP contribution in [0.15, 0.2) is 12.3 Å². The van der Waals surface area contributed by atoms with E-state index in [9.17, 15) is 13.2 Å². The van der Waals surface area contributed by atoms with Gasteiger partial charge in [0.2, 0.25) is 0 Å². The second-order valence-corrected chi connectivity index (χ2v) is 7.32. The number of nitrogens with two attached hydrogens (primary N) is 1. The number of ether oxygens (including phenoxy) is 1. The largest absolute Gasteiger partial charge is 0.457 e. The molecular weight excluding hydrogens is 268 g/mol. The number of carbonyl (C=O) groups is 1. The smallest absolute Gasteiger partial charge is 0.355 e. The molecule has 2 N–H and O–H groups in total. The van der Waals surface area contributed by atoms with Gasteiger partial charge in [-0.1, -0.05) is 0 Å². The minimum absolute atomic E-state index is 0.0761. The third kappa shape index (κ3) is 3.09. The van der Waals surface area contributed by atoms with Crippen molar-refractivity contribution in [2.75, 3.05) is 17.2 Å². The molecule has 106 valence electrons. The van der Waals surface area contributed by atoms with E-state index in [0.717, 1.165) is 0 Å². The van der Waals surface area contributed by atoms with E-state index >= 15 is 0 Å². The number of hydrogen-bond acceptors (Lipinski definition) is 5. The third-order valence-corrected chi connectivity index (χ3v) is 4.84. The van der Waals surface area contributed by atoms with Crippen molar-refractivity contribution in [1.82, 2.24) is 4.57 Å². The van der Waals surface area contributed by atoms with Gasteiger partial charge < -0.3 is 15.0 Å². The van der Waals surface area contributed by atoms with E-state index in [2.05, 4.69) is 0 Å². The molecule has 0 radical (unpaired) electrons. The van der Waals surface area contributed by atoms with Crippen molar-refractivity contribution in [2.24, 2.45) is 0 Å². The van der Waals surface area contributed by atoms with E-state index in [-0.39, 0.29) is 17.5 Å². The number of nitrogen functional groups attached to an aromatic ring is 1. The zero-order valence-corrected chi connectivity index (χ0v) is 11.8. The molecule has 6 nitrogen and oxygen atoms in total. The normalized spacial score (nSPS) is 21.7. The molecular formula is C12H18N2O4S. The standard InChI is InChI=1S/C12H18N2O4S/c1-8(2)14-6-9(13)5-11(14)12(15)18-10-3-4-19(16,17)7-10/h5-6,8,10H,3-4,7,13H2,1-2H3. The minimum Gasteiger partial charge on any atom is -0.457 e. The van der Waals surface area contributed by atoms with Crippen LogP contribution < -0.4 is 5.73 Å². The zero-order chi connectivity index (χ0) is 14.2. The highest BCUT2D eigenvalue weighted by molar-refractivity contribution is 7.91. The molecule has 0 saturated carbocycles. The lowest BCUT2D eigenvalue weighted by atomic mass is 10.3. The van der Waals surface area contributed by atoms with Gasteiger partial charge in [0.1, 0.15) is 11.8 Å². The van der Waals surface area contributed by atoms with Gasteiger partial charge in [-0.2, -0.15) is 0 Å². The second kappa shape index (κ2) is 4.88. The molecule has 1 unspecified atom stereocenters. The molecule has 7 heteroatoms. The summed E-state index contributed by atoms with van der Waals surface area (Å²) in [6.07, 6.45) is 1.49. The van der Waals surface area contributed by atoms with Crippen molar-refractivity contribution in [2.45, 2.75) is 32.4 Å². The van der Waals surface area contributed by atoms with Gasteiger partial charge in [-0.3, -0.25) is 0 Å². The summed E-state index contributed by atoms with van der Waals surface area (Å²) in [4.78, 5) is 12.1. The van der Waals surface area contributed by atoms with Crippen LogP contribution in [0, 0.1) is 0 Å². The summed E-state index contributed by atoms with van der Waals surface area (Å²) in [6, 6.07) is 1.62. The number of anilines is 1. The van der Waals surface area contributed by atoms with Crippen LogP contribution in [0.3, 0.4) is 0 Å². The van der Waals surface area contributed by atoms with Crippen LogP contribution in [0.1, 0.15) is 36.8 Å². The van der Waals surface area contributed by atoms with Gasteiger partial charge in [0.25, 0.3) is 0 Å². The van der Waals surface area contributed by atoms with Crippen LogP contribution in [0.5, 0.6) is 0 Å². The molecule has 2 heterocycles. The predicted molar refractivity (Wildman–Crippen MR) is 71.7 cm³/mol. The van der Waals surface area contributed by atoms with E-state index in [1.807, 2.05) is 13.8 Å².